The number of amides is 1. The third kappa shape index (κ3) is 5.32. The Kier molecular flexibility index (Phi) is 6.11. The molecule has 0 radical (unpaired) electrons. The molecule has 1 amide bonds. The molecule has 0 aliphatic rings. The van der Waals surface area contributed by atoms with Crippen LogP contribution in [0.3, 0.4) is 0 Å². The van der Waals surface area contributed by atoms with E-state index in [1.54, 1.807) is 32.9 Å². The van der Waals surface area contributed by atoms with Crippen molar-refractivity contribution in [2.24, 2.45) is 0 Å². The Hall–Kier alpha value is -1.66. The van der Waals surface area contributed by atoms with Crippen LogP contribution in [0, 0.1) is 5.82 Å². The molecule has 1 rings (SSSR count). The van der Waals surface area contributed by atoms with Gasteiger partial charge in [-0.25, -0.2) is 9.18 Å². The van der Waals surface area contributed by atoms with Gasteiger partial charge in [-0.2, -0.15) is 0 Å². The lowest BCUT2D eigenvalue weighted by Crippen LogP contribution is -2.42. The molecule has 0 aliphatic heterocycles. The standard InChI is InChI=1S/C15H22FNO4/c1-15(2,3)21-14(19)17-13(12(9-18)20-4)10-7-5-6-8-11(10)16/h5-8,12-13,18H,9H2,1-4H3,(H,17,19). The highest BCUT2D eigenvalue weighted by Gasteiger charge is 2.28. The van der Waals surface area contributed by atoms with Crippen molar-refractivity contribution in [3.05, 3.63) is 35.6 Å². The fourth-order valence-electron chi connectivity index (χ4n) is 1.85. The molecule has 0 heterocycles. The smallest absolute Gasteiger partial charge is 0.408 e. The van der Waals surface area contributed by atoms with E-state index in [1.807, 2.05) is 0 Å². The van der Waals surface area contributed by atoms with Crippen molar-refractivity contribution < 1.29 is 23.8 Å². The minimum absolute atomic E-state index is 0.226. The zero-order valence-electron chi connectivity index (χ0n) is 12.7. The van der Waals surface area contributed by atoms with Gasteiger partial charge in [0.1, 0.15) is 17.5 Å². The second-order valence-corrected chi connectivity index (χ2v) is 5.60. The van der Waals surface area contributed by atoms with Crippen LogP contribution >= 0.6 is 0 Å². The number of aliphatic hydroxyl groups is 1. The van der Waals surface area contributed by atoms with Gasteiger partial charge in [0.2, 0.25) is 0 Å². The van der Waals surface area contributed by atoms with E-state index in [2.05, 4.69) is 5.32 Å². The number of carbonyl (C=O) groups is 1. The van der Waals surface area contributed by atoms with Crippen LogP contribution in [-0.2, 0) is 9.47 Å². The number of rotatable bonds is 5. The van der Waals surface area contributed by atoms with Crippen molar-refractivity contribution in [3.63, 3.8) is 0 Å². The number of benzene rings is 1. The highest BCUT2D eigenvalue weighted by atomic mass is 19.1. The number of halogens is 1. The summed E-state index contributed by atoms with van der Waals surface area (Å²) >= 11 is 0. The van der Waals surface area contributed by atoms with E-state index in [0.29, 0.717) is 0 Å². The van der Waals surface area contributed by atoms with Crippen LogP contribution in [0.4, 0.5) is 9.18 Å². The molecule has 2 atom stereocenters. The summed E-state index contributed by atoms with van der Waals surface area (Å²) in [7, 11) is 1.38. The first-order chi connectivity index (χ1) is 9.78. The van der Waals surface area contributed by atoms with Gasteiger partial charge in [-0.1, -0.05) is 18.2 Å². The summed E-state index contributed by atoms with van der Waals surface area (Å²) in [6.07, 6.45) is -1.49. The van der Waals surface area contributed by atoms with Crippen molar-refractivity contribution >= 4 is 6.09 Å². The summed E-state index contributed by atoms with van der Waals surface area (Å²) in [4.78, 5) is 11.9. The third-order valence-electron chi connectivity index (χ3n) is 2.77. The van der Waals surface area contributed by atoms with Crippen molar-refractivity contribution in [3.8, 4) is 0 Å². The van der Waals surface area contributed by atoms with Gasteiger partial charge in [0.25, 0.3) is 0 Å². The second kappa shape index (κ2) is 7.38. The lowest BCUT2D eigenvalue weighted by Gasteiger charge is -2.28. The van der Waals surface area contributed by atoms with E-state index in [0.717, 1.165) is 0 Å². The lowest BCUT2D eigenvalue weighted by molar-refractivity contribution is 0.00977. The molecule has 0 fully saturated rings. The molecule has 118 valence electrons. The minimum atomic E-state index is -0.851. The molecule has 0 spiro atoms. The number of nitrogens with one attached hydrogen (secondary N) is 1. The maximum Gasteiger partial charge on any atom is 0.408 e. The summed E-state index contributed by atoms with van der Waals surface area (Å²) in [5.74, 6) is -0.492. The first-order valence-electron chi connectivity index (χ1n) is 6.66. The minimum Gasteiger partial charge on any atom is -0.444 e. The molecule has 5 nitrogen and oxygen atoms in total. The Morgan fingerprint density at radius 1 is 1.38 bits per heavy atom. The zero-order chi connectivity index (χ0) is 16.0. The van der Waals surface area contributed by atoms with E-state index < -0.39 is 29.7 Å². The number of methoxy groups -OCH3 is 1. The van der Waals surface area contributed by atoms with Crippen LogP contribution < -0.4 is 5.32 Å². The fraction of sp³-hybridized carbons (Fsp3) is 0.533. The molecule has 0 saturated carbocycles. The van der Waals surface area contributed by atoms with Crippen LogP contribution in [-0.4, -0.2) is 36.6 Å². The molecular weight excluding hydrogens is 277 g/mol. The predicted molar refractivity (Wildman–Crippen MR) is 76.4 cm³/mol. The van der Waals surface area contributed by atoms with Crippen molar-refractivity contribution in [2.45, 2.75) is 38.5 Å². The number of aliphatic hydroxyl groups excluding tert-OH is 1. The number of ether oxygens (including phenoxy) is 2. The maximum absolute atomic E-state index is 13.9. The topological polar surface area (TPSA) is 67.8 Å². The summed E-state index contributed by atoms with van der Waals surface area (Å²) < 4.78 is 24.2. The molecule has 21 heavy (non-hydrogen) atoms. The average Bonchev–Trinajstić information content (AvgIpc) is 2.37. The highest BCUT2D eigenvalue weighted by Crippen LogP contribution is 2.22. The van der Waals surface area contributed by atoms with Gasteiger partial charge < -0.3 is 19.9 Å². The quantitative estimate of drug-likeness (QED) is 0.876. The third-order valence-corrected chi connectivity index (χ3v) is 2.77. The van der Waals surface area contributed by atoms with Crippen LogP contribution in [0.5, 0.6) is 0 Å². The Morgan fingerprint density at radius 2 is 2.00 bits per heavy atom. The summed E-state index contributed by atoms with van der Waals surface area (Å²) in [5.41, 5.74) is -0.449. The molecule has 2 unspecified atom stereocenters. The van der Waals surface area contributed by atoms with Gasteiger partial charge in [0.15, 0.2) is 0 Å². The summed E-state index contributed by atoms with van der Waals surface area (Å²) in [5, 5.41) is 11.9. The van der Waals surface area contributed by atoms with Gasteiger partial charge in [-0.3, -0.25) is 0 Å². The first kappa shape index (κ1) is 17.4. The molecule has 0 bridgehead atoms. The van der Waals surface area contributed by atoms with Gasteiger partial charge in [-0.15, -0.1) is 0 Å². The monoisotopic (exact) mass is 299 g/mol. The van der Waals surface area contributed by atoms with E-state index >= 15 is 0 Å². The van der Waals surface area contributed by atoms with E-state index in [9.17, 15) is 14.3 Å². The summed E-state index contributed by atoms with van der Waals surface area (Å²) in [6, 6.07) is 5.15. The highest BCUT2D eigenvalue weighted by molar-refractivity contribution is 5.68. The van der Waals surface area contributed by atoms with Crippen molar-refractivity contribution in [1.82, 2.24) is 5.32 Å². The predicted octanol–water partition coefficient (Wildman–Crippen LogP) is 2.40. The van der Waals surface area contributed by atoms with Gasteiger partial charge in [0.05, 0.1) is 12.6 Å². The number of hydrogen-bond acceptors (Lipinski definition) is 4. The fourth-order valence-corrected chi connectivity index (χ4v) is 1.85. The molecule has 2 N–H and O–H groups in total. The van der Waals surface area contributed by atoms with Crippen molar-refractivity contribution in [1.29, 1.82) is 0 Å². The SMILES string of the molecule is COC(CO)C(NC(=O)OC(C)(C)C)c1ccccc1F. The number of alkyl carbamates (subject to hydrolysis) is 1. The van der Waals surface area contributed by atoms with Gasteiger partial charge >= 0.3 is 6.09 Å². The maximum atomic E-state index is 13.9. The normalized spacial score (nSPS) is 14.4. The Labute approximate surface area is 124 Å². The lowest BCUT2D eigenvalue weighted by atomic mass is 10.0. The average molecular weight is 299 g/mol. The van der Waals surface area contributed by atoms with Crippen LogP contribution in [0.25, 0.3) is 0 Å². The van der Waals surface area contributed by atoms with Gasteiger partial charge in [0, 0.05) is 12.7 Å². The Morgan fingerprint density at radius 3 is 2.48 bits per heavy atom. The van der Waals surface area contributed by atoms with Crippen molar-refractivity contribution in [2.75, 3.05) is 13.7 Å². The van der Waals surface area contributed by atoms with Crippen LogP contribution in [0.1, 0.15) is 32.4 Å². The second-order valence-electron chi connectivity index (χ2n) is 5.60. The molecule has 0 aliphatic carbocycles. The van der Waals surface area contributed by atoms with Crippen LogP contribution in [0.15, 0.2) is 24.3 Å². The molecule has 0 aromatic heterocycles. The Balaban J connectivity index is 2.99. The zero-order valence-corrected chi connectivity index (χ0v) is 12.7. The molecule has 1 aromatic carbocycles. The van der Waals surface area contributed by atoms with Crippen LogP contribution in [0.2, 0.25) is 0 Å². The number of hydrogen-bond donors (Lipinski definition) is 2. The summed E-state index contributed by atoms with van der Waals surface area (Å²) in [6.45, 7) is 4.81. The van der Waals surface area contributed by atoms with E-state index in [1.165, 1.54) is 19.2 Å². The molecule has 1 aromatic rings. The van der Waals surface area contributed by atoms with E-state index in [-0.39, 0.29) is 12.2 Å². The molecule has 6 heteroatoms. The first-order valence-corrected chi connectivity index (χ1v) is 6.66. The van der Waals surface area contributed by atoms with E-state index in [4.69, 9.17) is 9.47 Å². The Bertz CT molecular complexity index is 469. The molecular formula is C15H22FNO4. The van der Waals surface area contributed by atoms with Gasteiger partial charge in [-0.05, 0) is 26.8 Å². The largest absolute Gasteiger partial charge is 0.444 e. The molecule has 0 saturated heterocycles. The number of carbonyl (C=O) groups excluding carboxylic acids is 1.